The number of nitrogens with zero attached hydrogens (tertiary/aromatic N) is 1. The van der Waals surface area contributed by atoms with Gasteiger partial charge in [-0.25, -0.2) is 0 Å². The van der Waals surface area contributed by atoms with E-state index in [1.54, 1.807) is 0 Å². The van der Waals surface area contributed by atoms with Crippen LogP contribution >= 0.6 is 0 Å². The summed E-state index contributed by atoms with van der Waals surface area (Å²) in [5.41, 5.74) is 2.74. The maximum atomic E-state index is 12.0. The number of carbonyl (C=O) groups is 2. The lowest BCUT2D eigenvalue weighted by molar-refractivity contribution is -0.143. The average Bonchev–Trinajstić information content (AvgIpc) is 2.50. The Balaban J connectivity index is 1.92. The molecule has 1 heterocycles. The largest absolute Gasteiger partial charge is 0.464 e. The molecule has 0 saturated heterocycles. The highest BCUT2D eigenvalue weighted by atomic mass is 16.5. The molecular formula is C17H24N2O3. The Kier molecular flexibility index (Phi) is 5.81. The zero-order valence-corrected chi connectivity index (χ0v) is 13.4. The van der Waals surface area contributed by atoms with Crippen molar-refractivity contribution in [1.82, 2.24) is 0 Å². The molecule has 0 atom stereocenters. The second-order valence-electron chi connectivity index (χ2n) is 5.64. The van der Waals surface area contributed by atoms with Gasteiger partial charge in [-0.2, -0.15) is 0 Å². The van der Waals surface area contributed by atoms with Gasteiger partial charge in [0, 0.05) is 0 Å². The summed E-state index contributed by atoms with van der Waals surface area (Å²) < 4.78 is 5.23. The minimum Gasteiger partial charge on any atom is -0.464 e. The summed E-state index contributed by atoms with van der Waals surface area (Å²) in [6, 6.07) is 5.77. The molecule has 1 aliphatic heterocycles. The third-order valence-corrected chi connectivity index (χ3v) is 3.72. The molecule has 1 aliphatic rings. The highest BCUT2D eigenvalue weighted by Crippen LogP contribution is 2.30. The van der Waals surface area contributed by atoms with Crippen LogP contribution in [0.5, 0.6) is 0 Å². The third kappa shape index (κ3) is 4.23. The monoisotopic (exact) mass is 304 g/mol. The molecule has 0 spiro atoms. The van der Waals surface area contributed by atoms with Crippen LogP contribution in [0.1, 0.15) is 38.2 Å². The number of anilines is 2. The Morgan fingerprint density at radius 3 is 2.91 bits per heavy atom. The minimum absolute atomic E-state index is 0.0235. The first-order valence-corrected chi connectivity index (χ1v) is 7.92. The number of amides is 1. The molecular weight excluding hydrogens is 280 g/mol. The zero-order chi connectivity index (χ0) is 15.9. The summed E-state index contributed by atoms with van der Waals surface area (Å²) in [6.07, 6.45) is 4.25. The Morgan fingerprint density at radius 1 is 1.32 bits per heavy atom. The maximum absolute atomic E-state index is 12.0. The van der Waals surface area contributed by atoms with Crippen LogP contribution in [0, 0.1) is 6.92 Å². The van der Waals surface area contributed by atoms with Crippen molar-refractivity contribution < 1.29 is 14.3 Å². The smallest absolute Gasteiger partial charge is 0.326 e. The predicted octanol–water partition coefficient (Wildman–Crippen LogP) is 2.88. The van der Waals surface area contributed by atoms with E-state index in [1.165, 1.54) is 4.90 Å². The summed E-state index contributed by atoms with van der Waals surface area (Å²) in [6.45, 7) is 4.75. The number of esters is 1. The van der Waals surface area contributed by atoms with E-state index in [1.807, 2.05) is 25.1 Å². The summed E-state index contributed by atoms with van der Waals surface area (Å²) in [5.74, 6) is -0.461. The lowest BCUT2D eigenvalue weighted by Crippen LogP contribution is -2.43. The molecule has 0 unspecified atom stereocenters. The highest BCUT2D eigenvalue weighted by molar-refractivity contribution is 6.05. The standard InChI is InChI=1S/C17H24N2O3/c1-3-4-5-6-9-22-17(21)12-19-15-8-7-13(2)10-14(15)18-11-16(19)20/h7-8,10,18H,3-6,9,11-12H2,1-2H3. The highest BCUT2D eigenvalue weighted by Gasteiger charge is 2.26. The first-order valence-electron chi connectivity index (χ1n) is 7.92. The fourth-order valence-corrected chi connectivity index (χ4v) is 2.49. The van der Waals surface area contributed by atoms with Gasteiger partial charge in [-0.1, -0.05) is 32.3 Å². The van der Waals surface area contributed by atoms with Gasteiger partial charge < -0.3 is 10.1 Å². The van der Waals surface area contributed by atoms with Crippen molar-refractivity contribution in [1.29, 1.82) is 0 Å². The van der Waals surface area contributed by atoms with Gasteiger partial charge in [0.25, 0.3) is 0 Å². The van der Waals surface area contributed by atoms with Crippen molar-refractivity contribution in [2.45, 2.75) is 39.5 Å². The topological polar surface area (TPSA) is 58.6 Å². The average molecular weight is 304 g/mol. The van der Waals surface area contributed by atoms with Gasteiger partial charge in [0.1, 0.15) is 6.54 Å². The lowest BCUT2D eigenvalue weighted by atomic mass is 10.1. The molecule has 0 bridgehead atoms. The summed E-state index contributed by atoms with van der Waals surface area (Å²) in [5, 5.41) is 3.08. The van der Waals surface area contributed by atoms with Gasteiger partial charge in [-0.15, -0.1) is 0 Å². The predicted molar refractivity (Wildman–Crippen MR) is 87.1 cm³/mol. The van der Waals surface area contributed by atoms with Crippen molar-refractivity contribution in [3.05, 3.63) is 23.8 Å². The minimum atomic E-state index is -0.349. The van der Waals surface area contributed by atoms with Crippen LogP contribution in [0.2, 0.25) is 0 Å². The number of carbonyl (C=O) groups excluding carboxylic acids is 2. The number of ether oxygens (including phenoxy) is 1. The lowest BCUT2D eigenvalue weighted by Gasteiger charge is -2.29. The summed E-state index contributed by atoms with van der Waals surface area (Å²) in [4.78, 5) is 25.5. The van der Waals surface area contributed by atoms with Crippen LogP contribution in [0.15, 0.2) is 18.2 Å². The SMILES string of the molecule is CCCCCCOC(=O)CN1C(=O)CNc2cc(C)ccc21. The Morgan fingerprint density at radius 2 is 2.14 bits per heavy atom. The molecule has 1 amide bonds. The van der Waals surface area contributed by atoms with E-state index in [2.05, 4.69) is 12.2 Å². The van der Waals surface area contributed by atoms with Crippen LogP contribution in [0.3, 0.4) is 0 Å². The number of rotatable bonds is 7. The normalized spacial score (nSPS) is 13.5. The fourth-order valence-electron chi connectivity index (χ4n) is 2.49. The molecule has 0 saturated carbocycles. The van der Waals surface area contributed by atoms with Crippen LogP contribution in [0.4, 0.5) is 11.4 Å². The summed E-state index contributed by atoms with van der Waals surface area (Å²) >= 11 is 0. The molecule has 22 heavy (non-hydrogen) atoms. The van der Waals surface area contributed by atoms with Gasteiger partial charge in [-0.05, 0) is 31.0 Å². The van der Waals surface area contributed by atoms with E-state index in [0.717, 1.165) is 42.6 Å². The molecule has 1 aromatic rings. The van der Waals surface area contributed by atoms with Gasteiger partial charge in [0.2, 0.25) is 5.91 Å². The van der Waals surface area contributed by atoms with Gasteiger partial charge in [0.05, 0.1) is 24.5 Å². The Hall–Kier alpha value is -2.04. The molecule has 5 nitrogen and oxygen atoms in total. The van der Waals surface area contributed by atoms with E-state index in [-0.39, 0.29) is 25.0 Å². The van der Waals surface area contributed by atoms with E-state index in [4.69, 9.17) is 4.74 Å². The van der Waals surface area contributed by atoms with Crippen molar-refractivity contribution in [3.8, 4) is 0 Å². The maximum Gasteiger partial charge on any atom is 0.326 e. The first kappa shape index (κ1) is 16.3. The second-order valence-corrected chi connectivity index (χ2v) is 5.64. The molecule has 120 valence electrons. The number of fused-ring (bicyclic) bond motifs is 1. The molecule has 2 rings (SSSR count). The van der Waals surface area contributed by atoms with Crippen molar-refractivity contribution in [2.75, 3.05) is 29.9 Å². The number of nitrogens with one attached hydrogen (secondary N) is 1. The van der Waals surface area contributed by atoms with Crippen LogP contribution < -0.4 is 10.2 Å². The van der Waals surface area contributed by atoms with E-state index < -0.39 is 0 Å². The molecule has 0 radical (unpaired) electrons. The quantitative estimate of drug-likeness (QED) is 0.621. The molecule has 0 fully saturated rings. The van der Waals surface area contributed by atoms with Gasteiger partial charge in [-0.3, -0.25) is 14.5 Å². The molecule has 1 aromatic carbocycles. The zero-order valence-electron chi connectivity index (χ0n) is 13.4. The van der Waals surface area contributed by atoms with E-state index in [0.29, 0.717) is 6.61 Å². The van der Waals surface area contributed by atoms with E-state index in [9.17, 15) is 9.59 Å². The van der Waals surface area contributed by atoms with Crippen LogP contribution in [-0.4, -0.2) is 31.6 Å². The van der Waals surface area contributed by atoms with Crippen LogP contribution in [0.25, 0.3) is 0 Å². The third-order valence-electron chi connectivity index (χ3n) is 3.72. The first-order chi connectivity index (χ1) is 10.6. The Bertz CT molecular complexity index is 543. The molecule has 0 aliphatic carbocycles. The number of aryl methyl sites for hydroxylation is 1. The number of hydrogen-bond donors (Lipinski definition) is 1. The van der Waals surface area contributed by atoms with Gasteiger partial charge >= 0.3 is 5.97 Å². The van der Waals surface area contributed by atoms with Crippen molar-refractivity contribution in [2.24, 2.45) is 0 Å². The molecule has 0 aromatic heterocycles. The number of benzene rings is 1. The second kappa shape index (κ2) is 7.82. The van der Waals surface area contributed by atoms with Crippen LogP contribution in [-0.2, 0) is 14.3 Å². The number of unbranched alkanes of at least 4 members (excludes halogenated alkanes) is 3. The fraction of sp³-hybridized carbons (Fsp3) is 0.529. The number of hydrogen-bond acceptors (Lipinski definition) is 4. The summed E-state index contributed by atoms with van der Waals surface area (Å²) in [7, 11) is 0. The molecule has 1 N–H and O–H groups in total. The van der Waals surface area contributed by atoms with Crippen molar-refractivity contribution >= 4 is 23.3 Å². The van der Waals surface area contributed by atoms with Crippen molar-refractivity contribution in [3.63, 3.8) is 0 Å². The molecule has 5 heteroatoms. The Labute approximate surface area is 131 Å². The van der Waals surface area contributed by atoms with Gasteiger partial charge in [0.15, 0.2) is 0 Å². The van der Waals surface area contributed by atoms with E-state index >= 15 is 0 Å².